The lowest BCUT2D eigenvalue weighted by atomic mass is 10.2. The number of anilines is 1. The third-order valence-electron chi connectivity index (χ3n) is 2.48. The molecule has 5 heteroatoms. The highest BCUT2D eigenvalue weighted by atomic mass is 16.4. The summed E-state index contributed by atoms with van der Waals surface area (Å²) < 4.78 is 0. The molecule has 0 saturated heterocycles. The molecule has 0 spiro atoms. The molecular weight excluding hydrogens is 232 g/mol. The maximum Gasteiger partial charge on any atom is 0.323 e. The first-order chi connectivity index (χ1) is 8.65. The van der Waals surface area contributed by atoms with Crippen LogP contribution < -0.4 is 10.2 Å². The van der Waals surface area contributed by atoms with Crippen LogP contribution in [0.1, 0.15) is 12.8 Å². The van der Waals surface area contributed by atoms with Gasteiger partial charge in [0.25, 0.3) is 0 Å². The number of rotatable bonds is 7. The van der Waals surface area contributed by atoms with E-state index in [-0.39, 0.29) is 12.5 Å². The molecule has 1 aromatic carbocycles. The molecule has 0 bridgehead atoms. The van der Waals surface area contributed by atoms with Crippen molar-refractivity contribution in [2.24, 2.45) is 0 Å². The highest BCUT2D eigenvalue weighted by molar-refractivity contribution is 5.97. The quantitative estimate of drug-likeness (QED) is 0.711. The molecule has 98 valence electrons. The topological polar surface area (TPSA) is 69.6 Å². The standard InChI is InChI=1S/C13H18N2O3/c1-14-9-5-8-12(16)15(10-13(17)18)11-6-3-2-4-7-11/h2-4,6-7,14H,5,8-10H2,1H3,(H,17,18). The van der Waals surface area contributed by atoms with Crippen molar-refractivity contribution in [3.63, 3.8) is 0 Å². The number of amides is 1. The number of carboxylic acids is 1. The van der Waals surface area contributed by atoms with Crippen molar-refractivity contribution in [2.45, 2.75) is 12.8 Å². The third-order valence-corrected chi connectivity index (χ3v) is 2.48. The predicted molar refractivity (Wildman–Crippen MR) is 69.6 cm³/mol. The molecule has 1 amide bonds. The number of carbonyl (C=O) groups excluding carboxylic acids is 1. The van der Waals surface area contributed by atoms with E-state index in [0.29, 0.717) is 18.5 Å². The predicted octanol–water partition coefficient (Wildman–Crippen LogP) is 1.10. The number of para-hydroxylation sites is 1. The van der Waals surface area contributed by atoms with E-state index < -0.39 is 5.97 Å². The van der Waals surface area contributed by atoms with Crippen LogP contribution in [-0.4, -0.2) is 37.1 Å². The third kappa shape index (κ3) is 4.55. The van der Waals surface area contributed by atoms with Crippen molar-refractivity contribution in [3.8, 4) is 0 Å². The van der Waals surface area contributed by atoms with Gasteiger partial charge in [-0.1, -0.05) is 18.2 Å². The van der Waals surface area contributed by atoms with Crippen LogP contribution in [0.15, 0.2) is 30.3 Å². The van der Waals surface area contributed by atoms with E-state index in [4.69, 9.17) is 5.11 Å². The van der Waals surface area contributed by atoms with Gasteiger partial charge < -0.3 is 15.3 Å². The van der Waals surface area contributed by atoms with Crippen molar-refractivity contribution in [1.29, 1.82) is 0 Å². The van der Waals surface area contributed by atoms with Crippen LogP contribution in [0.5, 0.6) is 0 Å². The fourth-order valence-electron chi connectivity index (χ4n) is 1.62. The summed E-state index contributed by atoms with van der Waals surface area (Å²) in [6.45, 7) is 0.434. The summed E-state index contributed by atoms with van der Waals surface area (Å²) in [5.74, 6) is -1.18. The Morgan fingerprint density at radius 1 is 1.28 bits per heavy atom. The number of nitrogens with zero attached hydrogens (tertiary/aromatic N) is 1. The maximum absolute atomic E-state index is 12.0. The van der Waals surface area contributed by atoms with Crippen molar-refractivity contribution >= 4 is 17.6 Å². The van der Waals surface area contributed by atoms with Gasteiger partial charge in [-0.05, 0) is 32.1 Å². The fraction of sp³-hybridized carbons (Fsp3) is 0.385. The van der Waals surface area contributed by atoms with E-state index in [1.54, 1.807) is 24.3 Å². The Kier molecular flexibility index (Phi) is 5.87. The van der Waals surface area contributed by atoms with Crippen LogP contribution in [0.2, 0.25) is 0 Å². The lowest BCUT2D eigenvalue weighted by molar-refractivity contribution is -0.136. The number of benzene rings is 1. The van der Waals surface area contributed by atoms with Gasteiger partial charge in [0, 0.05) is 12.1 Å². The van der Waals surface area contributed by atoms with Crippen LogP contribution in [0.4, 0.5) is 5.69 Å². The highest BCUT2D eigenvalue weighted by Crippen LogP contribution is 2.14. The van der Waals surface area contributed by atoms with Gasteiger partial charge in [0.2, 0.25) is 5.91 Å². The van der Waals surface area contributed by atoms with Crippen LogP contribution in [0.25, 0.3) is 0 Å². The van der Waals surface area contributed by atoms with E-state index in [1.807, 2.05) is 13.1 Å². The van der Waals surface area contributed by atoms with Gasteiger partial charge in [-0.3, -0.25) is 9.59 Å². The molecule has 2 N–H and O–H groups in total. The molecule has 0 aliphatic rings. The maximum atomic E-state index is 12.0. The molecule has 0 aliphatic carbocycles. The van der Waals surface area contributed by atoms with Gasteiger partial charge in [-0.15, -0.1) is 0 Å². The SMILES string of the molecule is CNCCCC(=O)N(CC(=O)O)c1ccccc1. The zero-order valence-corrected chi connectivity index (χ0v) is 10.4. The number of hydrogen-bond donors (Lipinski definition) is 2. The normalized spacial score (nSPS) is 10.1. The van der Waals surface area contributed by atoms with Crippen molar-refractivity contribution in [3.05, 3.63) is 30.3 Å². The average molecular weight is 250 g/mol. The van der Waals surface area contributed by atoms with E-state index in [2.05, 4.69) is 5.32 Å². The van der Waals surface area contributed by atoms with Crippen molar-refractivity contribution < 1.29 is 14.7 Å². The minimum atomic E-state index is -1.01. The summed E-state index contributed by atoms with van der Waals surface area (Å²) in [5.41, 5.74) is 0.620. The van der Waals surface area contributed by atoms with Crippen LogP contribution >= 0.6 is 0 Å². The van der Waals surface area contributed by atoms with Gasteiger partial charge in [0.15, 0.2) is 0 Å². The van der Waals surface area contributed by atoms with E-state index in [1.165, 1.54) is 4.90 Å². The number of carbonyl (C=O) groups is 2. The van der Waals surface area contributed by atoms with Crippen molar-refractivity contribution in [2.75, 3.05) is 25.0 Å². The van der Waals surface area contributed by atoms with E-state index >= 15 is 0 Å². The lowest BCUT2D eigenvalue weighted by Gasteiger charge is -2.20. The molecular formula is C13H18N2O3. The Labute approximate surface area is 106 Å². The van der Waals surface area contributed by atoms with E-state index in [0.717, 1.165) is 6.54 Å². The number of carboxylic acid groups (broad SMARTS) is 1. The average Bonchev–Trinajstić information content (AvgIpc) is 2.37. The molecule has 0 heterocycles. The molecule has 1 rings (SSSR count). The van der Waals surface area contributed by atoms with Crippen LogP contribution in [0, 0.1) is 0 Å². The molecule has 0 fully saturated rings. The number of nitrogens with one attached hydrogen (secondary N) is 1. The molecule has 5 nitrogen and oxygen atoms in total. The fourth-order valence-corrected chi connectivity index (χ4v) is 1.62. The summed E-state index contributed by atoms with van der Waals surface area (Å²) in [7, 11) is 1.82. The molecule has 0 saturated carbocycles. The Morgan fingerprint density at radius 3 is 2.50 bits per heavy atom. The van der Waals surface area contributed by atoms with Gasteiger partial charge in [0.1, 0.15) is 6.54 Å². The molecule has 1 aromatic rings. The zero-order valence-electron chi connectivity index (χ0n) is 10.4. The highest BCUT2D eigenvalue weighted by Gasteiger charge is 2.17. The molecule has 0 aliphatic heterocycles. The summed E-state index contributed by atoms with van der Waals surface area (Å²) in [4.78, 5) is 24.1. The van der Waals surface area contributed by atoms with Crippen LogP contribution in [-0.2, 0) is 9.59 Å². The molecule has 0 aromatic heterocycles. The molecule has 0 radical (unpaired) electrons. The summed E-state index contributed by atoms with van der Waals surface area (Å²) >= 11 is 0. The minimum absolute atomic E-state index is 0.168. The van der Waals surface area contributed by atoms with Crippen molar-refractivity contribution in [1.82, 2.24) is 5.32 Å². The Bertz CT molecular complexity index is 392. The van der Waals surface area contributed by atoms with E-state index in [9.17, 15) is 9.59 Å². The monoisotopic (exact) mass is 250 g/mol. The molecule has 0 unspecified atom stereocenters. The van der Waals surface area contributed by atoms with Crippen LogP contribution in [0.3, 0.4) is 0 Å². The molecule has 18 heavy (non-hydrogen) atoms. The van der Waals surface area contributed by atoms with Gasteiger partial charge in [-0.25, -0.2) is 0 Å². The first-order valence-electron chi connectivity index (χ1n) is 5.87. The Morgan fingerprint density at radius 2 is 1.94 bits per heavy atom. The smallest absolute Gasteiger partial charge is 0.323 e. The Hall–Kier alpha value is -1.88. The lowest BCUT2D eigenvalue weighted by Crippen LogP contribution is -2.35. The number of aliphatic carboxylic acids is 1. The van der Waals surface area contributed by atoms with Gasteiger partial charge in [0.05, 0.1) is 0 Å². The second-order valence-electron chi connectivity index (χ2n) is 3.92. The zero-order chi connectivity index (χ0) is 13.4. The second-order valence-corrected chi connectivity index (χ2v) is 3.92. The second kappa shape index (κ2) is 7.45. The van der Waals surface area contributed by atoms with Gasteiger partial charge in [-0.2, -0.15) is 0 Å². The first kappa shape index (κ1) is 14.2. The summed E-state index contributed by atoms with van der Waals surface area (Å²) in [6, 6.07) is 8.86. The largest absolute Gasteiger partial charge is 0.480 e. The van der Waals surface area contributed by atoms with Gasteiger partial charge >= 0.3 is 5.97 Å². The minimum Gasteiger partial charge on any atom is -0.480 e. The number of hydrogen-bond acceptors (Lipinski definition) is 3. The summed E-state index contributed by atoms with van der Waals surface area (Å²) in [6.07, 6.45) is 1.03. The Balaban J connectivity index is 2.72. The molecule has 0 atom stereocenters. The first-order valence-corrected chi connectivity index (χ1v) is 5.87. The summed E-state index contributed by atoms with van der Waals surface area (Å²) in [5, 5.41) is 11.8.